The quantitative estimate of drug-likeness (QED) is 0.385. The minimum absolute atomic E-state index is 0.130. The molecule has 1 aromatic carbocycles. The van der Waals surface area contributed by atoms with Gasteiger partial charge in [0.1, 0.15) is 13.2 Å². The summed E-state index contributed by atoms with van der Waals surface area (Å²) in [6.45, 7) is 1.11. The van der Waals surface area contributed by atoms with Gasteiger partial charge in [0.2, 0.25) is 0 Å². The molecule has 5 rings (SSSR count). The Hall–Kier alpha value is -4.82. The number of hydrogen-bond donors (Lipinski definition) is 2. The fourth-order valence-corrected chi connectivity index (χ4v) is 4.04. The highest BCUT2D eigenvalue weighted by Gasteiger charge is 2.28. The molecule has 17 heteroatoms. The third-order valence-electron chi connectivity index (χ3n) is 5.80. The number of methoxy groups -OCH3 is 1. The smallest absolute Gasteiger partial charge is 0.415 e. The molecule has 2 aromatic heterocycles. The molecule has 2 fully saturated rings. The van der Waals surface area contributed by atoms with Crippen LogP contribution in [-0.4, -0.2) is 100 Å². The van der Waals surface area contributed by atoms with Gasteiger partial charge < -0.3 is 24.8 Å². The van der Waals surface area contributed by atoms with Gasteiger partial charge in [-0.1, -0.05) is 11.3 Å². The monoisotopic (exact) mass is 536 g/mol. The van der Waals surface area contributed by atoms with Crippen molar-refractivity contribution in [2.45, 2.75) is 5.24 Å². The van der Waals surface area contributed by atoms with Gasteiger partial charge in [-0.3, -0.25) is 14.6 Å². The molecule has 0 saturated carbocycles. The number of amides is 3. The van der Waals surface area contributed by atoms with E-state index in [-0.39, 0.29) is 37.0 Å². The fraction of sp³-hybridized carbons (Fsp3) is 0.261. The SMILES string of the molecule is [B]C([B])([B])NC(=O)c1nnc(N2CCOC2=O)cc1Nc1cccc(-c2ncc(N3CCOC3=O)cn2)c1OC. The molecule has 40 heavy (non-hydrogen) atoms. The number of rotatable bonds is 8. The van der Waals surface area contributed by atoms with Crippen LogP contribution in [-0.2, 0) is 9.47 Å². The van der Waals surface area contributed by atoms with Crippen molar-refractivity contribution in [3.05, 3.63) is 42.4 Å². The van der Waals surface area contributed by atoms with Crippen LogP contribution in [0.3, 0.4) is 0 Å². The maximum absolute atomic E-state index is 12.9. The molecule has 14 nitrogen and oxygen atoms in total. The zero-order valence-electron chi connectivity index (χ0n) is 21.2. The number of carbonyl (C=O) groups is 3. The number of carbonyl (C=O) groups excluding carboxylic acids is 3. The standard InChI is InChI=1S/C23H19B3N8O6/c1-38-18-13(19-27-10-12(11-28-19)33-5-7-39-21(33)36)3-2-4-14(18)29-15-9-16(34-6-8-40-22(34)37)31-32-17(15)20(35)30-23(24,25)26/h2-4,9-11H,5-8H2,1H3,(H,29,31)(H,30,35). The van der Waals surface area contributed by atoms with E-state index >= 15 is 0 Å². The number of anilines is 4. The Labute approximate surface area is 232 Å². The minimum Gasteiger partial charge on any atom is -0.494 e. The highest BCUT2D eigenvalue weighted by atomic mass is 16.6. The molecule has 3 amide bonds. The maximum Gasteiger partial charge on any atom is 0.415 e. The van der Waals surface area contributed by atoms with Gasteiger partial charge >= 0.3 is 12.2 Å². The van der Waals surface area contributed by atoms with E-state index in [0.717, 1.165) is 0 Å². The van der Waals surface area contributed by atoms with Crippen LogP contribution in [0.15, 0.2) is 36.7 Å². The summed E-state index contributed by atoms with van der Waals surface area (Å²) in [4.78, 5) is 48.3. The third-order valence-corrected chi connectivity index (χ3v) is 5.80. The van der Waals surface area contributed by atoms with Crippen molar-refractivity contribution in [1.29, 1.82) is 0 Å². The Kier molecular flexibility index (Phi) is 7.19. The van der Waals surface area contributed by atoms with E-state index in [1.807, 2.05) is 0 Å². The van der Waals surface area contributed by atoms with E-state index in [4.69, 9.17) is 37.7 Å². The summed E-state index contributed by atoms with van der Waals surface area (Å²) in [5.41, 5.74) is 1.30. The summed E-state index contributed by atoms with van der Waals surface area (Å²) in [6, 6.07) is 6.57. The number of ether oxygens (including phenoxy) is 3. The predicted molar refractivity (Wildman–Crippen MR) is 144 cm³/mol. The summed E-state index contributed by atoms with van der Waals surface area (Å²) in [6.07, 6.45) is 1.93. The second-order valence-corrected chi connectivity index (χ2v) is 8.66. The van der Waals surface area contributed by atoms with E-state index in [1.165, 1.54) is 35.4 Å². The Bertz CT molecular complexity index is 1470. The zero-order valence-corrected chi connectivity index (χ0v) is 21.2. The summed E-state index contributed by atoms with van der Waals surface area (Å²) in [5, 5.41) is 11.2. The lowest BCUT2D eigenvalue weighted by atomic mass is 9.49. The molecule has 0 spiro atoms. The second kappa shape index (κ2) is 10.7. The lowest BCUT2D eigenvalue weighted by Crippen LogP contribution is -2.50. The first kappa shape index (κ1) is 26.8. The van der Waals surface area contributed by atoms with Gasteiger partial charge in [0, 0.05) is 6.07 Å². The summed E-state index contributed by atoms with van der Waals surface area (Å²) >= 11 is 0. The van der Waals surface area contributed by atoms with Crippen molar-refractivity contribution in [2.24, 2.45) is 0 Å². The number of nitrogens with zero attached hydrogens (tertiary/aromatic N) is 6. The van der Waals surface area contributed by atoms with Crippen LogP contribution in [0.25, 0.3) is 11.4 Å². The van der Waals surface area contributed by atoms with Crippen molar-refractivity contribution in [3.63, 3.8) is 0 Å². The molecule has 6 radical (unpaired) electrons. The molecule has 196 valence electrons. The van der Waals surface area contributed by atoms with Gasteiger partial charge in [-0.2, -0.15) is 0 Å². The first-order valence-corrected chi connectivity index (χ1v) is 11.9. The van der Waals surface area contributed by atoms with Gasteiger partial charge in [0.05, 0.1) is 78.8 Å². The Morgan fingerprint density at radius 2 is 1.68 bits per heavy atom. The van der Waals surface area contributed by atoms with Crippen LogP contribution in [0.2, 0.25) is 0 Å². The number of hydrogen-bond acceptors (Lipinski definition) is 11. The van der Waals surface area contributed by atoms with Crippen LogP contribution < -0.4 is 25.2 Å². The second-order valence-electron chi connectivity index (χ2n) is 8.66. The number of aromatic nitrogens is 4. The Morgan fingerprint density at radius 1 is 1.00 bits per heavy atom. The topological polar surface area (TPSA) is 161 Å². The molecule has 0 bridgehead atoms. The molecule has 2 saturated heterocycles. The van der Waals surface area contributed by atoms with Gasteiger partial charge in [0.25, 0.3) is 5.91 Å². The van der Waals surface area contributed by atoms with Crippen LogP contribution in [0.4, 0.5) is 32.5 Å². The van der Waals surface area contributed by atoms with Crippen LogP contribution in [0, 0.1) is 0 Å². The van der Waals surface area contributed by atoms with E-state index in [2.05, 4.69) is 30.8 Å². The van der Waals surface area contributed by atoms with Crippen molar-refractivity contribution in [1.82, 2.24) is 25.5 Å². The molecular formula is C23H19B3N8O6. The Morgan fingerprint density at radius 3 is 2.27 bits per heavy atom. The zero-order chi connectivity index (χ0) is 28.4. The molecule has 2 aliphatic heterocycles. The summed E-state index contributed by atoms with van der Waals surface area (Å²) in [5.74, 6) is -0.0580. The van der Waals surface area contributed by atoms with Crippen molar-refractivity contribution >= 4 is 64.5 Å². The predicted octanol–water partition coefficient (Wildman–Crippen LogP) is 0.446. The maximum atomic E-state index is 12.9. The van der Waals surface area contributed by atoms with Gasteiger partial charge in [-0.25, -0.2) is 19.6 Å². The van der Waals surface area contributed by atoms with Crippen LogP contribution in [0.1, 0.15) is 10.5 Å². The van der Waals surface area contributed by atoms with Crippen molar-refractivity contribution in [2.75, 3.05) is 48.5 Å². The molecule has 0 unspecified atom stereocenters. The highest BCUT2D eigenvalue weighted by molar-refractivity contribution is 6.60. The van der Waals surface area contributed by atoms with E-state index < -0.39 is 23.3 Å². The molecule has 2 aliphatic rings. The van der Waals surface area contributed by atoms with Crippen LogP contribution >= 0.6 is 0 Å². The van der Waals surface area contributed by atoms with Gasteiger partial charge in [-0.05, 0) is 12.1 Å². The van der Waals surface area contributed by atoms with E-state index in [1.54, 1.807) is 18.2 Å². The number of para-hydroxylation sites is 1. The average molecular weight is 536 g/mol. The lowest BCUT2D eigenvalue weighted by molar-refractivity contribution is 0.0947. The van der Waals surface area contributed by atoms with Crippen molar-refractivity contribution < 1.29 is 28.6 Å². The minimum atomic E-state index is -2.03. The molecule has 2 N–H and O–H groups in total. The molecule has 3 aromatic rings. The van der Waals surface area contributed by atoms with E-state index in [0.29, 0.717) is 35.1 Å². The molecular weight excluding hydrogens is 517 g/mol. The average Bonchev–Trinajstić information content (AvgIpc) is 3.55. The summed E-state index contributed by atoms with van der Waals surface area (Å²) in [7, 11) is 18.1. The fourth-order valence-electron chi connectivity index (χ4n) is 4.04. The Balaban J connectivity index is 1.50. The highest BCUT2D eigenvalue weighted by Crippen LogP contribution is 2.37. The van der Waals surface area contributed by atoms with Crippen molar-refractivity contribution in [3.8, 4) is 17.1 Å². The van der Waals surface area contributed by atoms with Gasteiger partial charge in [-0.15, -0.1) is 10.2 Å². The molecule has 0 aliphatic carbocycles. The van der Waals surface area contributed by atoms with Crippen LogP contribution in [0.5, 0.6) is 5.75 Å². The normalized spacial score (nSPS) is 15.0. The van der Waals surface area contributed by atoms with E-state index in [9.17, 15) is 14.4 Å². The summed E-state index contributed by atoms with van der Waals surface area (Å²) < 4.78 is 15.6. The number of cyclic esters (lactones) is 2. The first-order valence-electron chi connectivity index (χ1n) is 11.9. The molecule has 0 atom stereocenters. The largest absolute Gasteiger partial charge is 0.494 e. The first-order chi connectivity index (χ1) is 19.1. The third kappa shape index (κ3) is 5.48. The molecule has 4 heterocycles. The number of benzene rings is 1. The lowest BCUT2D eigenvalue weighted by Gasteiger charge is -2.23. The number of nitrogens with one attached hydrogen (secondary N) is 2. The van der Waals surface area contributed by atoms with Gasteiger partial charge in [0.15, 0.2) is 23.1 Å².